The number of methoxy groups -OCH3 is 1. The highest BCUT2D eigenvalue weighted by Gasteiger charge is 2.45. The highest BCUT2D eigenvalue weighted by Crippen LogP contribution is 2.44. The summed E-state index contributed by atoms with van der Waals surface area (Å²) in [6, 6.07) is 17.3. The van der Waals surface area contributed by atoms with Gasteiger partial charge in [-0.15, -0.1) is 0 Å². The van der Waals surface area contributed by atoms with Gasteiger partial charge in [0.2, 0.25) is 0 Å². The zero-order chi connectivity index (χ0) is 25.3. The van der Waals surface area contributed by atoms with Crippen LogP contribution in [0.2, 0.25) is 10.0 Å². The number of hydrogen-bond acceptors (Lipinski definition) is 5. The minimum atomic E-state index is -0.927. The Hall–Kier alpha value is -3.48. The maximum atomic E-state index is 13.6. The second-order valence-corrected chi connectivity index (χ2v) is 9.05. The SMILES string of the molecule is COc1ccc(N2C(=O)C(O)=C(C(=O)c3ccccc3Cl)C2c2ccc(Cl)cc2)cc1OC(C)C. The predicted molar refractivity (Wildman–Crippen MR) is 136 cm³/mol. The van der Waals surface area contributed by atoms with E-state index in [4.69, 9.17) is 32.7 Å². The summed E-state index contributed by atoms with van der Waals surface area (Å²) < 4.78 is 11.3. The Kier molecular flexibility index (Phi) is 7.05. The van der Waals surface area contributed by atoms with Crippen LogP contribution in [0.1, 0.15) is 35.8 Å². The standard InChI is InChI=1S/C27H23Cl2NO5/c1-15(2)35-22-14-18(12-13-21(22)34-3)30-24(16-8-10-17(28)11-9-16)23(26(32)27(30)33)25(31)19-6-4-5-7-20(19)29/h4-15,24,32H,1-3H3. The molecular weight excluding hydrogens is 489 g/mol. The lowest BCUT2D eigenvalue weighted by molar-refractivity contribution is -0.117. The van der Waals surface area contributed by atoms with Crippen molar-refractivity contribution >= 4 is 40.6 Å². The van der Waals surface area contributed by atoms with Crippen LogP contribution in [-0.4, -0.2) is 30.0 Å². The van der Waals surface area contributed by atoms with Gasteiger partial charge in [-0.05, 0) is 55.8 Å². The fourth-order valence-corrected chi connectivity index (χ4v) is 4.36. The second kappa shape index (κ2) is 10.0. The number of nitrogens with zero attached hydrogens (tertiary/aromatic N) is 1. The van der Waals surface area contributed by atoms with E-state index in [-0.39, 0.29) is 22.3 Å². The number of Topliss-reactive ketones (excluding diaryl/α,β-unsaturated/α-hetero) is 1. The van der Waals surface area contributed by atoms with Crippen molar-refractivity contribution in [3.05, 3.63) is 99.2 Å². The molecule has 0 aromatic heterocycles. The number of benzene rings is 3. The van der Waals surface area contributed by atoms with Crippen molar-refractivity contribution < 1.29 is 24.2 Å². The van der Waals surface area contributed by atoms with Gasteiger partial charge in [-0.25, -0.2) is 0 Å². The molecule has 1 atom stereocenters. The van der Waals surface area contributed by atoms with Gasteiger partial charge < -0.3 is 14.6 Å². The summed E-state index contributed by atoms with van der Waals surface area (Å²) >= 11 is 12.4. The third kappa shape index (κ3) is 4.72. The van der Waals surface area contributed by atoms with E-state index in [0.717, 1.165) is 0 Å². The third-order valence-corrected chi connectivity index (χ3v) is 6.13. The van der Waals surface area contributed by atoms with Crippen molar-refractivity contribution in [1.82, 2.24) is 0 Å². The maximum Gasteiger partial charge on any atom is 0.294 e. The number of halogens is 2. The van der Waals surface area contributed by atoms with E-state index in [9.17, 15) is 14.7 Å². The van der Waals surface area contributed by atoms with Crippen molar-refractivity contribution in [3.63, 3.8) is 0 Å². The van der Waals surface area contributed by atoms with Crippen molar-refractivity contribution in [2.24, 2.45) is 0 Å². The van der Waals surface area contributed by atoms with Crippen LogP contribution >= 0.6 is 23.2 Å². The Morgan fingerprint density at radius 1 is 1.00 bits per heavy atom. The normalized spacial score (nSPS) is 15.7. The Morgan fingerprint density at radius 3 is 2.31 bits per heavy atom. The average Bonchev–Trinajstić information content (AvgIpc) is 3.09. The number of hydrogen-bond donors (Lipinski definition) is 1. The molecule has 0 bridgehead atoms. The molecule has 4 rings (SSSR count). The van der Waals surface area contributed by atoms with Crippen LogP contribution in [0.3, 0.4) is 0 Å². The van der Waals surface area contributed by atoms with Crippen molar-refractivity contribution in [2.45, 2.75) is 26.0 Å². The van der Waals surface area contributed by atoms with Gasteiger partial charge in [0.25, 0.3) is 5.91 Å². The summed E-state index contributed by atoms with van der Waals surface area (Å²) in [5, 5.41) is 11.7. The van der Waals surface area contributed by atoms with E-state index < -0.39 is 23.5 Å². The number of anilines is 1. The molecule has 35 heavy (non-hydrogen) atoms. The number of ether oxygens (including phenoxy) is 2. The first-order chi connectivity index (χ1) is 16.7. The number of carbonyl (C=O) groups is 2. The molecule has 1 aliphatic rings. The summed E-state index contributed by atoms with van der Waals surface area (Å²) in [4.78, 5) is 28.4. The van der Waals surface area contributed by atoms with Crippen LogP contribution in [0.5, 0.6) is 11.5 Å². The predicted octanol–water partition coefficient (Wildman–Crippen LogP) is 6.57. The minimum Gasteiger partial charge on any atom is -0.503 e. The number of aliphatic hydroxyl groups excluding tert-OH is 1. The molecule has 1 aliphatic heterocycles. The Morgan fingerprint density at radius 2 is 1.69 bits per heavy atom. The van der Waals surface area contributed by atoms with Crippen LogP contribution in [0.15, 0.2) is 78.1 Å². The van der Waals surface area contributed by atoms with Gasteiger partial charge in [0.1, 0.15) is 0 Å². The van der Waals surface area contributed by atoms with E-state index in [1.165, 1.54) is 12.0 Å². The van der Waals surface area contributed by atoms with E-state index in [2.05, 4.69) is 0 Å². The molecule has 1 N–H and O–H groups in total. The molecule has 0 fully saturated rings. The van der Waals surface area contributed by atoms with Crippen LogP contribution in [0, 0.1) is 0 Å². The lowest BCUT2D eigenvalue weighted by atomic mass is 9.92. The first-order valence-corrected chi connectivity index (χ1v) is 11.6. The Labute approximate surface area is 213 Å². The van der Waals surface area contributed by atoms with Crippen LogP contribution in [0.4, 0.5) is 5.69 Å². The number of amides is 1. The molecule has 0 saturated heterocycles. The number of rotatable bonds is 7. The number of ketones is 1. The molecule has 8 heteroatoms. The van der Waals surface area contributed by atoms with E-state index >= 15 is 0 Å². The topological polar surface area (TPSA) is 76.1 Å². The first kappa shape index (κ1) is 24.6. The van der Waals surface area contributed by atoms with Gasteiger partial charge in [0, 0.05) is 22.3 Å². The highest BCUT2D eigenvalue weighted by atomic mass is 35.5. The molecule has 180 valence electrons. The second-order valence-electron chi connectivity index (χ2n) is 8.20. The van der Waals surface area contributed by atoms with Crippen molar-refractivity contribution in [2.75, 3.05) is 12.0 Å². The number of carbonyl (C=O) groups excluding carboxylic acids is 2. The first-order valence-electron chi connectivity index (χ1n) is 10.9. The summed E-state index contributed by atoms with van der Waals surface area (Å²) in [5.74, 6) is -0.996. The largest absolute Gasteiger partial charge is 0.503 e. The Bertz CT molecular complexity index is 1320. The zero-order valence-electron chi connectivity index (χ0n) is 19.3. The molecule has 0 aliphatic carbocycles. The van der Waals surface area contributed by atoms with Crippen molar-refractivity contribution in [1.29, 1.82) is 0 Å². The average molecular weight is 512 g/mol. The molecule has 1 heterocycles. The fourth-order valence-electron chi connectivity index (χ4n) is 4.02. The van der Waals surface area contributed by atoms with Gasteiger partial charge in [-0.2, -0.15) is 0 Å². The van der Waals surface area contributed by atoms with E-state index in [1.807, 2.05) is 13.8 Å². The highest BCUT2D eigenvalue weighted by molar-refractivity contribution is 6.35. The van der Waals surface area contributed by atoms with Gasteiger partial charge in [0.05, 0.1) is 29.9 Å². The molecule has 0 radical (unpaired) electrons. The van der Waals surface area contributed by atoms with Crippen LogP contribution in [0.25, 0.3) is 0 Å². The Balaban J connectivity index is 1.88. The van der Waals surface area contributed by atoms with Crippen LogP contribution < -0.4 is 14.4 Å². The smallest absolute Gasteiger partial charge is 0.294 e. The molecule has 1 amide bonds. The quantitative estimate of drug-likeness (QED) is 0.363. The molecule has 3 aromatic carbocycles. The molecule has 0 saturated carbocycles. The number of aliphatic hydroxyl groups is 1. The monoisotopic (exact) mass is 511 g/mol. The summed E-state index contributed by atoms with van der Waals surface area (Å²) in [6.07, 6.45) is -0.149. The summed E-state index contributed by atoms with van der Waals surface area (Å²) in [7, 11) is 1.52. The van der Waals surface area contributed by atoms with Gasteiger partial charge >= 0.3 is 0 Å². The van der Waals surface area contributed by atoms with Gasteiger partial charge in [-0.1, -0.05) is 47.5 Å². The molecule has 1 unspecified atom stereocenters. The zero-order valence-corrected chi connectivity index (χ0v) is 20.8. The third-order valence-electron chi connectivity index (χ3n) is 5.55. The molecule has 3 aromatic rings. The van der Waals surface area contributed by atoms with Crippen molar-refractivity contribution in [3.8, 4) is 11.5 Å². The summed E-state index contributed by atoms with van der Waals surface area (Å²) in [5.41, 5.74) is 1.11. The van der Waals surface area contributed by atoms with E-state index in [1.54, 1.807) is 66.7 Å². The molecular formula is C27H23Cl2NO5. The molecule has 0 spiro atoms. The van der Waals surface area contributed by atoms with Gasteiger partial charge in [0.15, 0.2) is 23.0 Å². The lowest BCUT2D eigenvalue weighted by Gasteiger charge is -2.28. The van der Waals surface area contributed by atoms with Crippen LogP contribution in [-0.2, 0) is 4.79 Å². The fraction of sp³-hybridized carbons (Fsp3) is 0.185. The minimum absolute atomic E-state index is 0.0763. The maximum absolute atomic E-state index is 13.6. The van der Waals surface area contributed by atoms with Gasteiger partial charge in [-0.3, -0.25) is 14.5 Å². The summed E-state index contributed by atoms with van der Waals surface area (Å²) in [6.45, 7) is 3.74. The lowest BCUT2D eigenvalue weighted by Crippen LogP contribution is -2.31. The molecule has 6 nitrogen and oxygen atoms in total. The van der Waals surface area contributed by atoms with E-state index in [0.29, 0.717) is 27.8 Å².